The van der Waals surface area contributed by atoms with Gasteiger partial charge < -0.3 is 14.6 Å². The van der Waals surface area contributed by atoms with E-state index in [0.29, 0.717) is 19.8 Å². The second-order valence-electron chi connectivity index (χ2n) is 8.18. The Morgan fingerprint density at radius 3 is 1.93 bits per heavy atom. The summed E-state index contributed by atoms with van der Waals surface area (Å²) >= 11 is 0. The average molecular weight is 379 g/mol. The molecule has 0 bridgehead atoms. The molecule has 3 heteroatoms. The quantitative estimate of drug-likeness (QED) is 0.312. The van der Waals surface area contributed by atoms with Gasteiger partial charge in [0.25, 0.3) is 0 Å². The average Bonchev–Trinajstić information content (AvgIpc) is 2.69. The lowest BCUT2D eigenvalue weighted by Gasteiger charge is -2.26. The maximum Gasteiger partial charge on any atom is 0.0717 e. The fraction of sp³-hybridized carbons (Fsp3) is 0.750. The van der Waals surface area contributed by atoms with Crippen molar-refractivity contribution in [3.8, 4) is 0 Å². The molecule has 0 aromatic heterocycles. The minimum absolute atomic E-state index is 0.0832. The maximum absolute atomic E-state index is 9.70. The number of unbranched alkanes of at least 4 members (excludes halogenated alkanes) is 9. The van der Waals surface area contributed by atoms with Crippen molar-refractivity contribution in [1.29, 1.82) is 0 Å². The Labute approximate surface area is 167 Å². The van der Waals surface area contributed by atoms with Crippen LogP contribution in [0.15, 0.2) is 30.3 Å². The molecular weight excluding hydrogens is 336 g/mol. The van der Waals surface area contributed by atoms with Crippen molar-refractivity contribution in [1.82, 2.24) is 0 Å². The molecule has 0 heterocycles. The van der Waals surface area contributed by atoms with E-state index in [2.05, 4.69) is 19.1 Å². The summed E-state index contributed by atoms with van der Waals surface area (Å²) in [6.07, 6.45) is 13.3. The van der Waals surface area contributed by atoms with Gasteiger partial charge in [0.15, 0.2) is 0 Å². The first kappa shape index (κ1) is 24.1. The number of aliphatic hydroxyl groups excluding tert-OH is 1. The van der Waals surface area contributed by atoms with E-state index in [4.69, 9.17) is 9.47 Å². The van der Waals surface area contributed by atoms with Crippen LogP contribution in [0.3, 0.4) is 0 Å². The van der Waals surface area contributed by atoms with Gasteiger partial charge in [0.05, 0.1) is 26.4 Å². The highest BCUT2D eigenvalue weighted by Gasteiger charge is 2.24. The topological polar surface area (TPSA) is 38.7 Å². The van der Waals surface area contributed by atoms with Crippen LogP contribution in [-0.2, 0) is 16.1 Å². The zero-order valence-electron chi connectivity index (χ0n) is 17.8. The summed E-state index contributed by atoms with van der Waals surface area (Å²) in [4.78, 5) is 0. The summed E-state index contributed by atoms with van der Waals surface area (Å²) in [6, 6.07) is 10.1. The van der Waals surface area contributed by atoms with Crippen LogP contribution in [0.25, 0.3) is 0 Å². The van der Waals surface area contributed by atoms with E-state index in [-0.39, 0.29) is 12.0 Å². The van der Waals surface area contributed by atoms with E-state index < -0.39 is 0 Å². The third-order valence-corrected chi connectivity index (χ3v) is 5.04. The summed E-state index contributed by atoms with van der Waals surface area (Å²) in [5.74, 6) is 0. The van der Waals surface area contributed by atoms with Crippen LogP contribution in [0.4, 0.5) is 0 Å². The molecule has 1 aromatic carbocycles. The number of aliphatic hydroxyl groups is 1. The van der Waals surface area contributed by atoms with Gasteiger partial charge in [-0.3, -0.25) is 0 Å². The highest BCUT2D eigenvalue weighted by atomic mass is 16.5. The minimum atomic E-state index is -0.326. The molecule has 0 spiro atoms. The van der Waals surface area contributed by atoms with Crippen molar-refractivity contribution in [2.45, 2.75) is 84.7 Å². The van der Waals surface area contributed by atoms with Gasteiger partial charge in [-0.1, -0.05) is 102 Å². The second kappa shape index (κ2) is 16.1. The lowest BCUT2D eigenvalue weighted by atomic mass is 9.94. The Bertz CT molecular complexity index is 435. The van der Waals surface area contributed by atoms with E-state index in [9.17, 15) is 5.11 Å². The highest BCUT2D eigenvalue weighted by Crippen LogP contribution is 2.18. The van der Waals surface area contributed by atoms with Crippen molar-refractivity contribution in [3.05, 3.63) is 35.9 Å². The van der Waals surface area contributed by atoms with Crippen molar-refractivity contribution >= 4 is 0 Å². The minimum Gasteiger partial charge on any atom is -0.396 e. The SMILES string of the molecule is CCCCCCCCCCCCOCC(C)(CO)COCc1ccccc1. The molecule has 3 nitrogen and oxygen atoms in total. The van der Waals surface area contributed by atoms with Gasteiger partial charge in [-0.05, 0) is 12.0 Å². The van der Waals surface area contributed by atoms with E-state index in [0.717, 1.165) is 18.6 Å². The van der Waals surface area contributed by atoms with Gasteiger partial charge in [-0.15, -0.1) is 0 Å². The molecule has 1 unspecified atom stereocenters. The molecule has 1 N–H and O–H groups in total. The van der Waals surface area contributed by atoms with Crippen LogP contribution in [-0.4, -0.2) is 31.5 Å². The van der Waals surface area contributed by atoms with E-state index >= 15 is 0 Å². The van der Waals surface area contributed by atoms with E-state index in [1.165, 1.54) is 57.8 Å². The first-order valence-electron chi connectivity index (χ1n) is 11.0. The van der Waals surface area contributed by atoms with Gasteiger partial charge in [-0.25, -0.2) is 0 Å². The Kier molecular flexibility index (Phi) is 14.4. The molecule has 1 atom stereocenters. The fourth-order valence-corrected chi connectivity index (χ4v) is 3.13. The maximum atomic E-state index is 9.70. The summed E-state index contributed by atoms with van der Waals surface area (Å²) in [7, 11) is 0. The molecule has 0 aliphatic rings. The largest absolute Gasteiger partial charge is 0.396 e. The van der Waals surface area contributed by atoms with Crippen LogP contribution in [0.2, 0.25) is 0 Å². The summed E-state index contributed by atoms with van der Waals surface area (Å²) < 4.78 is 11.6. The van der Waals surface area contributed by atoms with Crippen LogP contribution in [0.1, 0.15) is 83.6 Å². The van der Waals surface area contributed by atoms with Gasteiger partial charge in [0.1, 0.15) is 0 Å². The molecule has 1 aromatic rings. The predicted molar refractivity (Wildman–Crippen MR) is 114 cm³/mol. The van der Waals surface area contributed by atoms with Crippen molar-refractivity contribution in [3.63, 3.8) is 0 Å². The molecule has 156 valence electrons. The molecule has 0 fully saturated rings. The van der Waals surface area contributed by atoms with Crippen LogP contribution in [0.5, 0.6) is 0 Å². The lowest BCUT2D eigenvalue weighted by Crippen LogP contribution is -2.33. The van der Waals surface area contributed by atoms with Crippen molar-refractivity contribution in [2.24, 2.45) is 5.41 Å². The Morgan fingerprint density at radius 1 is 0.778 bits per heavy atom. The Hall–Kier alpha value is -0.900. The first-order chi connectivity index (χ1) is 13.2. The Morgan fingerprint density at radius 2 is 1.33 bits per heavy atom. The fourth-order valence-electron chi connectivity index (χ4n) is 3.13. The van der Waals surface area contributed by atoms with E-state index in [1.807, 2.05) is 25.1 Å². The van der Waals surface area contributed by atoms with Crippen LogP contribution < -0.4 is 0 Å². The van der Waals surface area contributed by atoms with Gasteiger partial charge in [-0.2, -0.15) is 0 Å². The van der Waals surface area contributed by atoms with Crippen LogP contribution >= 0.6 is 0 Å². The molecule has 0 aliphatic heterocycles. The molecule has 0 amide bonds. The third kappa shape index (κ3) is 13.0. The summed E-state index contributed by atoms with van der Waals surface area (Å²) in [5, 5.41) is 9.70. The molecule has 27 heavy (non-hydrogen) atoms. The zero-order chi connectivity index (χ0) is 19.6. The normalized spacial score (nSPS) is 13.6. The molecule has 0 aliphatic carbocycles. The lowest BCUT2D eigenvalue weighted by molar-refractivity contribution is -0.0456. The zero-order valence-corrected chi connectivity index (χ0v) is 17.8. The van der Waals surface area contributed by atoms with Crippen molar-refractivity contribution in [2.75, 3.05) is 26.4 Å². The molecule has 0 saturated heterocycles. The second-order valence-corrected chi connectivity index (χ2v) is 8.18. The van der Waals surface area contributed by atoms with E-state index in [1.54, 1.807) is 0 Å². The summed E-state index contributed by atoms with van der Waals surface area (Å²) in [6.45, 7) is 6.80. The molecular formula is C24H42O3. The number of rotatable bonds is 18. The smallest absolute Gasteiger partial charge is 0.0717 e. The van der Waals surface area contributed by atoms with Crippen molar-refractivity contribution < 1.29 is 14.6 Å². The van der Waals surface area contributed by atoms with Gasteiger partial charge in [0.2, 0.25) is 0 Å². The molecule has 0 radical (unpaired) electrons. The number of hydrogen-bond acceptors (Lipinski definition) is 3. The standard InChI is InChI=1S/C24H42O3/c1-3-4-5-6-7-8-9-10-11-15-18-26-21-24(2,20-25)22-27-19-23-16-13-12-14-17-23/h12-14,16-17,25H,3-11,15,18-22H2,1-2H3. The van der Waals surface area contributed by atoms with Crippen LogP contribution in [0, 0.1) is 5.41 Å². The summed E-state index contributed by atoms with van der Waals surface area (Å²) in [5.41, 5.74) is 0.830. The molecule has 0 saturated carbocycles. The molecule has 1 rings (SSSR count). The Balaban J connectivity index is 1.98. The number of benzene rings is 1. The monoisotopic (exact) mass is 378 g/mol. The first-order valence-corrected chi connectivity index (χ1v) is 11.0. The highest BCUT2D eigenvalue weighted by molar-refractivity contribution is 5.13. The van der Waals surface area contributed by atoms with Gasteiger partial charge in [0, 0.05) is 12.0 Å². The third-order valence-electron chi connectivity index (χ3n) is 5.04. The predicted octanol–water partition coefficient (Wildman–Crippen LogP) is 6.14. The number of ether oxygens (including phenoxy) is 2. The van der Waals surface area contributed by atoms with Gasteiger partial charge >= 0.3 is 0 Å². The number of hydrogen-bond donors (Lipinski definition) is 1.